The molecule has 150 valence electrons. The molecule has 1 aromatic carbocycles. The zero-order valence-corrected chi connectivity index (χ0v) is 18.6. The summed E-state index contributed by atoms with van der Waals surface area (Å²) in [6.07, 6.45) is 8.35. The predicted octanol–water partition coefficient (Wildman–Crippen LogP) is 3.34. The minimum atomic E-state index is 0. The first-order chi connectivity index (χ1) is 12.7. The minimum absolute atomic E-state index is 0. The number of amides is 1. The van der Waals surface area contributed by atoms with E-state index >= 15 is 0 Å². The van der Waals surface area contributed by atoms with Crippen molar-refractivity contribution in [1.29, 1.82) is 0 Å². The highest BCUT2D eigenvalue weighted by molar-refractivity contribution is 14.0. The van der Waals surface area contributed by atoms with Gasteiger partial charge in [-0.05, 0) is 38.2 Å². The van der Waals surface area contributed by atoms with Gasteiger partial charge in [0.25, 0.3) is 0 Å². The van der Waals surface area contributed by atoms with Gasteiger partial charge in [-0.15, -0.1) is 24.0 Å². The number of hydrogen-bond acceptors (Lipinski definition) is 2. The Morgan fingerprint density at radius 2 is 1.81 bits per heavy atom. The number of benzene rings is 1. The van der Waals surface area contributed by atoms with Crippen molar-refractivity contribution in [3.8, 4) is 0 Å². The molecular formula is C21H33IN4O. The summed E-state index contributed by atoms with van der Waals surface area (Å²) in [5, 5.41) is 9.82. The monoisotopic (exact) mass is 484 g/mol. The molecule has 2 saturated carbocycles. The van der Waals surface area contributed by atoms with E-state index in [1.54, 1.807) is 0 Å². The van der Waals surface area contributed by atoms with Crippen LogP contribution in [-0.4, -0.2) is 37.5 Å². The van der Waals surface area contributed by atoms with Crippen molar-refractivity contribution in [2.75, 3.05) is 19.6 Å². The molecule has 3 rings (SSSR count). The highest BCUT2D eigenvalue weighted by atomic mass is 127. The van der Waals surface area contributed by atoms with E-state index in [1.807, 2.05) is 6.92 Å². The Morgan fingerprint density at radius 3 is 2.44 bits per heavy atom. The van der Waals surface area contributed by atoms with Crippen LogP contribution in [-0.2, 0) is 10.2 Å². The first-order valence-corrected chi connectivity index (χ1v) is 10.1. The topological polar surface area (TPSA) is 65.5 Å². The van der Waals surface area contributed by atoms with Crippen LogP contribution in [0.1, 0.15) is 57.4 Å². The fourth-order valence-corrected chi connectivity index (χ4v) is 3.78. The molecule has 1 aromatic rings. The third-order valence-corrected chi connectivity index (χ3v) is 5.53. The van der Waals surface area contributed by atoms with E-state index in [0.717, 1.165) is 31.9 Å². The van der Waals surface area contributed by atoms with Crippen molar-refractivity contribution in [3.05, 3.63) is 35.9 Å². The van der Waals surface area contributed by atoms with Gasteiger partial charge in [0.1, 0.15) is 6.54 Å². The number of carbonyl (C=O) groups is 1. The molecule has 0 bridgehead atoms. The summed E-state index contributed by atoms with van der Waals surface area (Å²) in [4.78, 5) is 16.7. The molecule has 5 nitrogen and oxygen atoms in total. The summed E-state index contributed by atoms with van der Waals surface area (Å²) in [5.41, 5.74) is 1.61. The van der Waals surface area contributed by atoms with Crippen LogP contribution in [0.2, 0.25) is 0 Å². The number of nitrogens with zero attached hydrogens (tertiary/aromatic N) is 1. The molecule has 2 aliphatic carbocycles. The highest BCUT2D eigenvalue weighted by Gasteiger charge is 2.44. The van der Waals surface area contributed by atoms with Crippen LogP contribution in [0.3, 0.4) is 0 Å². The van der Waals surface area contributed by atoms with E-state index in [-0.39, 0.29) is 41.8 Å². The van der Waals surface area contributed by atoms with Crippen LogP contribution < -0.4 is 16.0 Å². The number of hydrogen-bond donors (Lipinski definition) is 3. The quantitative estimate of drug-likeness (QED) is 0.316. The lowest BCUT2D eigenvalue weighted by Gasteiger charge is -2.22. The molecule has 3 N–H and O–H groups in total. The Bertz CT molecular complexity index is 610. The zero-order chi connectivity index (χ0) is 18.2. The number of carbonyl (C=O) groups excluding carboxylic acids is 1. The fraction of sp³-hybridized carbons (Fsp3) is 0.619. The van der Waals surface area contributed by atoms with Crippen LogP contribution in [0.4, 0.5) is 0 Å². The van der Waals surface area contributed by atoms with Gasteiger partial charge in [-0.25, -0.2) is 4.99 Å². The van der Waals surface area contributed by atoms with Gasteiger partial charge in [0, 0.05) is 24.5 Å². The number of nitrogens with one attached hydrogen (secondary N) is 3. The molecule has 0 atom stereocenters. The van der Waals surface area contributed by atoms with Crippen LogP contribution >= 0.6 is 24.0 Å². The second-order valence-electron chi connectivity index (χ2n) is 7.60. The van der Waals surface area contributed by atoms with Gasteiger partial charge in [-0.1, -0.05) is 49.6 Å². The summed E-state index contributed by atoms with van der Waals surface area (Å²) >= 11 is 0. The molecule has 0 aromatic heterocycles. The maximum atomic E-state index is 12.2. The minimum Gasteiger partial charge on any atom is -0.357 e. The summed E-state index contributed by atoms with van der Waals surface area (Å²) in [6.45, 7) is 3.87. The lowest BCUT2D eigenvalue weighted by molar-refractivity contribution is -0.120. The maximum absolute atomic E-state index is 12.2. The van der Waals surface area contributed by atoms with Gasteiger partial charge >= 0.3 is 0 Å². The molecule has 27 heavy (non-hydrogen) atoms. The predicted molar refractivity (Wildman–Crippen MR) is 122 cm³/mol. The zero-order valence-electron chi connectivity index (χ0n) is 16.3. The van der Waals surface area contributed by atoms with E-state index in [1.165, 1.54) is 37.7 Å². The Hall–Kier alpha value is -1.31. The van der Waals surface area contributed by atoms with E-state index < -0.39 is 0 Å². The van der Waals surface area contributed by atoms with E-state index in [2.05, 4.69) is 51.3 Å². The van der Waals surface area contributed by atoms with E-state index in [0.29, 0.717) is 6.04 Å². The fourth-order valence-electron chi connectivity index (χ4n) is 3.78. The summed E-state index contributed by atoms with van der Waals surface area (Å²) in [6, 6.07) is 11.0. The molecule has 2 aliphatic rings. The van der Waals surface area contributed by atoms with Gasteiger partial charge in [-0.2, -0.15) is 0 Å². The maximum Gasteiger partial charge on any atom is 0.242 e. The smallest absolute Gasteiger partial charge is 0.242 e. The Kier molecular flexibility index (Phi) is 8.86. The van der Waals surface area contributed by atoms with E-state index in [9.17, 15) is 4.79 Å². The second kappa shape index (κ2) is 10.9. The highest BCUT2D eigenvalue weighted by Crippen LogP contribution is 2.47. The summed E-state index contributed by atoms with van der Waals surface area (Å²) in [5.74, 6) is 0.756. The van der Waals surface area contributed by atoms with Gasteiger partial charge in [0.15, 0.2) is 5.96 Å². The van der Waals surface area contributed by atoms with Crippen molar-refractivity contribution in [2.45, 2.75) is 63.3 Å². The van der Waals surface area contributed by atoms with Crippen molar-refractivity contribution in [3.63, 3.8) is 0 Å². The molecule has 0 radical (unpaired) electrons. The lowest BCUT2D eigenvalue weighted by Crippen LogP contribution is -2.42. The normalized spacial score (nSPS) is 18.9. The average Bonchev–Trinajstić information content (AvgIpc) is 3.47. The third-order valence-electron chi connectivity index (χ3n) is 5.53. The lowest BCUT2D eigenvalue weighted by atomic mass is 9.95. The van der Waals surface area contributed by atoms with Gasteiger partial charge in [0.2, 0.25) is 5.91 Å². The molecule has 1 amide bonds. The second-order valence-corrected chi connectivity index (χ2v) is 7.60. The van der Waals surface area contributed by atoms with Crippen molar-refractivity contribution in [2.24, 2.45) is 4.99 Å². The van der Waals surface area contributed by atoms with Crippen LogP contribution in [0.25, 0.3) is 0 Å². The number of halogens is 1. The average molecular weight is 484 g/mol. The standard InChI is InChI=1S/C21H32N4O.HI/c1-2-22-20(23-15-19(26)25-18-11-7-4-8-12-18)24-16-21(13-14-21)17-9-5-3-6-10-17;/h3,5-6,9-10,18H,2,4,7-8,11-16H2,1H3,(H,25,26)(H2,22,23,24);1H. The molecule has 0 saturated heterocycles. The molecule has 0 unspecified atom stereocenters. The van der Waals surface area contributed by atoms with Crippen molar-refractivity contribution >= 4 is 35.8 Å². The van der Waals surface area contributed by atoms with Crippen molar-refractivity contribution < 1.29 is 4.79 Å². The Balaban J connectivity index is 0.00000261. The number of rotatable bonds is 7. The van der Waals surface area contributed by atoms with Gasteiger partial charge < -0.3 is 16.0 Å². The Labute approximate surface area is 180 Å². The SMILES string of the molecule is CCNC(=NCC(=O)NC1CCCCC1)NCC1(c2ccccc2)CC1.I. The van der Waals surface area contributed by atoms with Crippen LogP contribution in [0, 0.1) is 0 Å². The summed E-state index contributed by atoms with van der Waals surface area (Å²) in [7, 11) is 0. The molecule has 0 spiro atoms. The van der Waals surface area contributed by atoms with Gasteiger partial charge in [-0.3, -0.25) is 4.79 Å². The van der Waals surface area contributed by atoms with Gasteiger partial charge in [0.05, 0.1) is 0 Å². The molecule has 0 heterocycles. The molecule has 2 fully saturated rings. The third kappa shape index (κ3) is 6.66. The number of guanidine groups is 1. The van der Waals surface area contributed by atoms with Crippen LogP contribution in [0.5, 0.6) is 0 Å². The summed E-state index contributed by atoms with van der Waals surface area (Å²) < 4.78 is 0. The molecular weight excluding hydrogens is 451 g/mol. The van der Waals surface area contributed by atoms with Crippen molar-refractivity contribution in [1.82, 2.24) is 16.0 Å². The first-order valence-electron chi connectivity index (χ1n) is 10.1. The van der Waals surface area contributed by atoms with Crippen LogP contribution in [0.15, 0.2) is 35.3 Å². The van der Waals surface area contributed by atoms with E-state index in [4.69, 9.17) is 0 Å². The number of aliphatic imine (C=N–C) groups is 1. The Morgan fingerprint density at radius 1 is 1.11 bits per heavy atom. The largest absolute Gasteiger partial charge is 0.357 e. The molecule has 0 aliphatic heterocycles. The first kappa shape index (κ1) is 22.0. The molecule has 6 heteroatoms.